The summed E-state index contributed by atoms with van der Waals surface area (Å²) < 4.78 is 12.9. The minimum absolute atomic E-state index is 0.190. The Morgan fingerprint density at radius 1 is 1.50 bits per heavy atom. The lowest BCUT2D eigenvalue weighted by molar-refractivity contribution is 0.0736. The Labute approximate surface area is 118 Å². The van der Waals surface area contributed by atoms with Crippen LogP contribution in [0.5, 0.6) is 5.75 Å². The van der Waals surface area contributed by atoms with Gasteiger partial charge in [-0.2, -0.15) is 5.10 Å². The zero-order chi connectivity index (χ0) is 13.9. The first kappa shape index (κ1) is 13.6. The van der Waals surface area contributed by atoms with E-state index >= 15 is 0 Å². The molecule has 0 saturated carbocycles. The number of β-amino-alcohol motifs (C(OH)–C–C–N with tert-alkyl or cyclic N) is 1. The summed E-state index contributed by atoms with van der Waals surface area (Å²) in [6, 6.07) is 0. The van der Waals surface area contributed by atoms with Gasteiger partial charge in [0.15, 0.2) is 5.75 Å². The van der Waals surface area contributed by atoms with E-state index in [9.17, 15) is 5.11 Å². The number of aliphatic hydroxyl groups excluding tert-OH is 1. The van der Waals surface area contributed by atoms with Crippen LogP contribution in [-0.4, -0.2) is 64.8 Å². The van der Waals surface area contributed by atoms with Gasteiger partial charge in [-0.3, -0.25) is 9.58 Å². The highest BCUT2D eigenvalue weighted by atomic mass is 16.5. The molecule has 0 aliphatic carbocycles. The van der Waals surface area contributed by atoms with E-state index in [1.54, 1.807) is 10.9 Å². The van der Waals surface area contributed by atoms with Crippen molar-refractivity contribution in [3.8, 4) is 5.75 Å². The molecule has 6 heteroatoms. The molecule has 0 aromatic carbocycles. The number of hydrogen-bond donors (Lipinski definition) is 1. The third kappa shape index (κ3) is 3.20. The Bertz CT molecular complexity index is 486. The van der Waals surface area contributed by atoms with Gasteiger partial charge in [-0.15, -0.1) is 0 Å². The van der Waals surface area contributed by atoms with Gasteiger partial charge < -0.3 is 14.6 Å². The van der Waals surface area contributed by atoms with Crippen molar-refractivity contribution < 1.29 is 14.6 Å². The Hall–Kier alpha value is -1.37. The molecule has 3 rings (SSSR count). The monoisotopic (exact) mass is 279 g/mol. The van der Waals surface area contributed by atoms with Crippen LogP contribution in [0, 0.1) is 0 Å². The number of rotatable bonds is 4. The molecule has 0 radical (unpaired) electrons. The van der Waals surface area contributed by atoms with Gasteiger partial charge in [-0.25, -0.2) is 0 Å². The van der Waals surface area contributed by atoms with Crippen molar-refractivity contribution in [1.29, 1.82) is 0 Å². The fourth-order valence-corrected chi connectivity index (χ4v) is 2.72. The molecule has 6 nitrogen and oxygen atoms in total. The minimum atomic E-state index is -0.458. The second kappa shape index (κ2) is 5.95. The summed E-state index contributed by atoms with van der Waals surface area (Å²) in [7, 11) is 1.85. The molecular weight excluding hydrogens is 258 g/mol. The maximum atomic E-state index is 10.1. The first-order valence-corrected chi connectivity index (χ1v) is 7.02. The number of nitrogens with zero attached hydrogens (tertiary/aromatic N) is 3. The average molecular weight is 279 g/mol. The van der Waals surface area contributed by atoms with Crippen molar-refractivity contribution in [1.82, 2.24) is 14.7 Å². The number of likely N-dealkylation sites (tertiary alicyclic amines) is 1. The molecule has 1 saturated heterocycles. The van der Waals surface area contributed by atoms with Gasteiger partial charge in [0, 0.05) is 26.7 Å². The predicted octanol–water partition coefficient (Wildman–Crippen LogP) is 0.191. The molecule has 2 aliphatic heterocycles. The van der Waals surface area contributed by atoms with Gasteiger partial charge in [0.05, 0.1) is 25.6 Å². The first-order valence-electron chi connectivity index (χ1n) is 7.02. The summed E-state index contributed by atoms with van der Waals surface area (Å²) in [5.74, 6) is 0.707. The molecule has 0 amide bonds. The summed E-state index contributed by atoms with van der Waals surface area (Å²) in [6.07, 6.45) is 6.07. The van der Waals surface area contributed by atoms with E-state index in [4.69, 9.17) is 9.47 Å². The maximum Gasteiger partial charge on any atom is 0.157 e. The van der Waals surface area contributed by atoms with Crippen LogP contribution in [0.3, 0.4) is 0 Å². The third-order valence-corrected chi connectivity index (χ3v) is 3.69. The van der Waals surface area contributed by atoms with Crippen LogP contribution in [0.25, 0.3) is 0 Å². The highest BCUT2D eigenvalue weighted by Crippen LogP contribution is 2.19. The molecule has 2 aliphatic rings. The second-order valence-electron chi connectivity index (χ2n) is 5.47. The molecule has 0 unspecified atom stereocenters. The first-order chi connectivity index (χ1) is 9.70. The fraction of sp³-hybridized carbons (Fsp3) is 0.643. The zero-order valence-electron chi connectivity index (χ0n) is 11.7. The molecule has 110 valence electrons. The summed E-state index contributed by atoms with van der Waals surface area (Å²) in [5.41, 5.74) is 1.30. The zero-order valence-corrected chi connectivity index (χ0v) is 11.7. The topological polar surface area (TPSA) is 59.8 Å². The number of aromatic nitrogens is 2. The van der Waals surface area contributed by atoms with Gasteiger partial charge >= 0.3 is 0 Å². The molecule has 3 heterocycles. The van der Waals surface area contributed by atoms with Crippen LogP contribution in [0.1, 0.15) is 6.42 Å². The van der Waals surface area contributed by atoms with Crippen molar-refractivity contribution in [3.05, 3.63) is 24.0 Å². The maximum absolute atomic E-state index is 10.1. The molecule has 20 heavy (non-hydrogen) atoms. The standard InChI is InChI=1S/C14H21N3O3/c1-16-7-12(5-15-16)20-14-9-17(8-13(14)18)6-11-3-2-4-19-10-11/h3,5,7,13-14,18H,2,4,6,8-10H2,1H3/t13-,14-/m1/s1. The van der Waals surface area contributed by atoms with Gasteiger partial charge in [0.25, 0.3) is 0 Å². The molecule has 1 aromatic rings. The Kier molecular flexibility index (Phi) is 4.05. The Balaban J connectivity index is 1.54. The molecular formula is C14H21N3O3. The summed E-state index contributed by atoms with van der Waals surface area (Å²) in [4.78, 5) is 2.21. The van der Waals surface area contributed by atoms with Crippen molar-refractivity contribution in [2.75, 3.05) is 32.8 Å². The quantitative estimate of drug-likeness (QED) is 0.797. The summed E-state index contributed by atoms with van der Waals surface area (Å²) in [5, 5.41) is 14.2. The average Bonchev–Trinajstić information content (AvgIpc) is 2.98. The molecule has 0 bridgehead atoms. The number of aryl methyl sites for hydroxylation is 1. The van der Waals surface area contributed by atoms with Gasteiger partial charge in [0.2, 0.25) is 0 Å². The van der Waals surface area contributed by atoms with Crippen LogP contribution < -0.4 is 4.74 Å². The molecule has 1 N–H and O–H groups in total. The van der Waals surface area contributed by atoms with Crippen LogP contribution in [0.15, 0.2) is 24.0 Å². The van der Waals surface area contributed by atoms with Crippen LogP contribution in [0.2, 0.25) is 0 Å². The summed E-state index contributed by atoms with van der Waals surface area (Å²) >= 11 is 0. The highest BCUT2D eigenvalue weighted by Gasteiger charge is 2.33. The lowest BCUT2D eigenvalue weighted by Gasteiger charge is -2.20. The smallest absolute Gasteiger partial charge is 0.157 e. The molecule has 0 spiro atoms. The lowest BCUT2D eigenvalue weighted by Crippen LogP contribution is -2.30. The van der Waals surface area contributed by atoms with Gasteiger partial charge in [-0.05, 0) is 12.0 Å². The summed E-state index contributed by atoms with van der Waals surface area (Å²) in [6.45, 7) is 3.75. The Morgan fingerprint density at radius 2 is 2.40 bits per heavy atom. The number of ether oxygens (including phenoxy) is 2. The molecule has 2 atom stereocenters. The van der Waals surface area contributed by atoms with Gasteiger partial charge in [-0.1, -0.05) is 6.08 Å². The van der Waals surface area contributed by atoms with Crippen molar-refractivity contribution >= 4 is 0 Å². The fourth-order valence-electron chi connectivity index (χ4n) is 2.72. The second-order valence-corrected chi connectivity index (χ2v) is 5.47. The van der Waals surface area contributed by atoms with Crippen LogP contribution in [0.4, 0.5) is 0 Å². The van der Waals surface area contributed by atoms with Crippen LogP contribution >= 0.6 is 0 Å². The van der Waals surface area contributed by atoms with Gasteiger partial charge in [0.1, 0.15) is 12.2 Å². The van der Waals surface area contributed by atoms with E-state index in [1.807, 2.05) is 13.2 Å². The highest BCUT2D eigenvalue weighted by molar-refractivity contribution is 5.13. The van der Waals surface area contributed by atoms with E-state index in [2.05, 4.69) is 16.1 Å². The number of hydrogen-bond acceptors (Lipinski definition) is 5. The van der Waals surface area contributed by atoms with Crippen molar-refractivity contribution in [2.45, 2.75) is 18.6 Å². The van der Waals surface area contributed by atoms with E-state index in [0.717, 1.165) is 26.1 Å². The predicted molar refractivity (Wildman–Crippen MR) is 73.6 cm³/mol. The van der Waals surface area contributed by atoms with E-state index in [0.29, 0.717) is 18.9 Å². The third-order valence-electron chi connectivity index (χ3n) is 3.69. The normalized spacial score (nSPS) is 27.6. The lowest BCUT2D eigenvalue weighted by atomic mass is 10.2. The Morgan fingerprint density at radius 3 is 3.10 bits per heavy atom. The van der Waals surface area contributed by atoms with E-state index < -0.39 is 6.10 Å². The van der Waals surface area contributed by atoms with Crippen molar-refractivity contribution in [3.63, 3.8) is 0 Å². The van der Waals surface area contributed by atoms with Crippen molar-refractivity contribution in [2.24, 2.45) is 7.05 Å². The minimum Gasteiger partial charge on any atom is -0.483 e. The SMILES string of the molecule is Cn1cc(O[C@@H]2CN(CC3=CCCOC3)C[C@H]2O)cn1. The molecule has 1 fully saturated rings. The van der Waals surface area contributed by atoms with E-state index in [-0.39, 0.29) is 6.10 Å². The largest absolute Gasteiger partial charge is 0.483 e. The number of aliphatic hydroxyl groups is 1. The van der Waals surface area contributed by atoms with E-state index in [1.165, 1.54) is 5.57 Å². The molecule has 1 aromatic heterocycles. The van der Waals surface area contributed by atoms with Crippen LogP contribution in [-0.2, 0) is 11.8 Å².